The van der Waals surface area contributed by atoms with Crippen LogP contribution in [-0.4, -0.2) is 0 Å². The summed E-state index contributed by atoms with van der Waals surface area (Å²) in [5.74, 6) is 0. The molecule has 1 heteroatoms. The van der Waals surface area contributed by atoms with Crippen LogP contribution in [0.2, 0.25) is 0 Å². The highest BCUT2D eigenvalue weighted by atomic mass is 15.1. The Labute approximate surface area is 369 Å². The number of rotatable bonds is 9. The highest BCUT2D eigenvalue weighted by Gasteiger charge is 2.22. The molecule has 0 spiro atoms. The quantitative estimate of drug-likeness (QED) is 0.131. The van der Waals surface area contributed by atoms with Gasteiger partial charge < -0.3 is 4.90 Å². The minimum absolute atomic E-state index is 1.08. The largest absolute Gasteiger partial charge is 0.310 e. The third-order valence-corrected chi connectivity index (χ3v) is 12.2. The van der Waals surface area contributed by atoms with E-state index in [4.69, 9.17) is 0 Å². The van der Waals surface area contributed by atoms with Gasteiger partial charge in [-0.2, -0.15) is 0 Å². The molecule has 296 valence electrons. The van der Waals surface area contributed by atoms with Crippen molar-refractivity contribution in [2.24, 2.45) is 0 Å². The molecular weight excluding hydrogens is 759 g/mol. The fourth-order valence-corrected chi connectivity index (χ4v) is 9.12. The van der Waals surface area contributed by atoms with E-state index in [0.29, 0.717) is 0 Å². The summed E-state index contributed by atoms with van der Waals surface area (Å²) >= 11 is 0. The van der Waals surface area contributed by atoms with Crippen LogP contribution in [0.5, 0.6) is 0 Å². The van der Waals surface area contributed by atoms with E-state index < -0.39 is 0 Å². The predicted molar refractivity (Wildman–Crippen MR) is 269 cm³/mol. The second-order valence-corrected chi connectivity index (χ2v) is 16.1. The molecule has 0 amide bonds. The summed E-state index contributed by atoms with van der Waals surface area (Å²) in [4.78, 5) is 2.42. The van der Waals surface area contributed by atoms with Crippen LogP contribution in [-0.2, 0) is 0 Å². The van der Waals surface area contributed by atoms with E-state index in [1.807, 2.05) is 0 Å². The Morgan fingerprint density at radius 1 is 0.206 bits per heavy atom. The van der Waals surface area contributed by atoms with Gasteiger partial charge in [-0.05, 0) is 131 Å². The van der Waals surface area contributed by atoms with Crippen molar-refractivity contribution in [2.75, 3.05) is 4.90 Å². The van der Waals surface area contributed by atoms with E-state index in [9.17, 15) is 0 Å². The van der Waals surface area contributed by atoms with Crippen molar-refractivity contribution in [2.45, 2.75) is 0 Å². The van der Waals surface area contributed by atoms with Gasteiger partial charge in [0.15, 0.2) is 0 Å². The Balaban J connectivity index is 1.13. The molecule has 0 aliphatic heterocycles. The van der Waals surface area contributed by atoms with Gasteiger partial charge >= 0.3 is 0 Å². The second kappa shape index (κ2) is 16.7. The molecule has 0 saturated carbocycles. The van der Waals surface area contributed by atoms with Gasteiger partial charge in [0.1, 0.15) is 0 Å². The minimum Gasteiger partial charge on any atom is -0.310 e. The van der Waals surface area contributed by atoms with Crippen molar-refractivity contribution in [3.8, 4) is 66.8 Å². The highest BCUT2D eigenvalue weighted by Crippen LogP contribution is 2.47. The number of nitrogens with zero attached hydrogens (tertiary/aromatic N) is 1. The summed E-state index contributed by atoms with van der Waals surface area (Å²) in [5, 5.41) is 5.01. The summed E-state index contributed by atoms with van der Waals surface area (Å²) in [5.41, 5.74) is 17.4. The van der Waals surface area contributed by atoms with Gasteiger partial charge in [0.2, 0.25) is 0 Å². The normalized spacial score (nSPS) is 11.2. The Hall–Kier alpha value is -8.26. The lowest BCUT2D eigenvalue weighted by molar-refractivity contribution is 1.28. The Bertz CT molecular complexity index is 3280. The van der Waals surface area contributed by atoms with E-state index in [1.54, 1.807) is 0 Å². The standard InChI is InChI=1S/C62H43N/c1-5-16-44(17-6-1)46-28-30-48(31-29-46)52-25-15-26-56(41-52)63(55-37-34-47(35-38-55)45-18-7-2-8-19-45)57-42-60(49-20-9-3-10-21-49)62(61(43-57)50-22-11-4-12-23-50)54-36-39-59-53(40-54)33-32-51-24-13-14-27-58(51)59/h1-43H. The Morgan fingerprint density at radius 3 is 1.22 bits per heavy atom. The van der Waals surface area contributed by atoms with Crippen molar-refractivity contribution in [1.29, 1.82) is 0 Å². The molecule has 0 heterocycles. The van der Waals surface area contributed by atoms with E-state index in [1.165, 1.54) is 71.6 Å². The Kier molecular flexibility index (Phi) is 9.97. The van der Waals surface area contributed by atoms with E-state index >= 15 is 0 Å². The van der Waals surface area contributed by atoms with Crippen molar-refractivity contribution >= 4 is 38.6 Å². The van der Waals surface area contributed by atoms with Crippen LogP contribution < -0.4 is 4.90 Å². The van der Waals surface area contributed by atoms with Crippen molar-refractivity contribution in [1.82, 2.24) is 0 Å². The molecule has 63 heavy (non-hydrogen) atoms. The summed E-state index contributed by atoms with van der Waals surface area (Å²) in [6, 6.07) is 94.8. The van der Waals surface area contributed by atoms with Crippen LogP contribution in [0.15, 0.2) is 261 Å². The molecule has 0 saturated heterocycles. The molecule has 11 aromatic rings. The van der Waals surface area contributed by atoms with Gasteiger partial charge in [0.25, 0.3) is 0 Å². The SMILES string of the molecule is c1ccc(-c2ccc(-c3cccc(N(c4ccc(-c5ccccc5)cc4)c4cc(-c5ccccc5)c(-c5ccc6c(ccc7ccccc76)c5)c(-c5ccccc5)c4)c3)cc2)cc1. The summed E-state index contributed by atoms with van der Waals surface area (Å²) < 4.78 is 0. The van der Waals surface area contributed by atoms with Crippen LogP contribution in [0.3, 0.4) is 0 Å². The molecule has 11 rings (SSSR count). The topological polar surface area (TPSA) is 3.24 Å². The maximum atomic E-state index is 2.42. The fraction of sp³-hybridized carbons (Fsp3) is 0. The smallest absolute Gasteiger partial charge is 0.0474 e. The van der Waals surface area contributed by atoms with Crippen LogP contribution in [0.4, 0.5) is 17.1 Å². The van der Waals surface area contributed by atoms with Gasteiger partial charge in [0.05, 0.1) is 0 Å². The van der Waals surface area contributed by atoms with Crippen LogP contribution >= 0.6 is 0 Å². The fourth-order valence-electron chi connectivity index (χ4n) is 9.12. The number of hydrogen-bond donors (Lipinski definition) is 0. The zero-order chi connectivity index (χ0) is 42.0. The predicted octanol–water partition coefficient (Wildman–Crippen LogP) is 17.5. The maximum Gasteiger partial charge on any atom is 0.0474 e. The molecule has 11 aromatic carbocycles. The highest BCUT2D eigenvalue weighted by molar-refractivity contribution is 6.09. The molecule has 0 aliphatic carbocycles. The average Bonchev–Trinajstić information content (AvgIpc) is 3.37. The van der Waals surface area contributed by atoms with Crippen LogP contribution in [0.25, 0.3) is 88.3 Å². The third-order valence-electron chi connectivity index (χ3n) is 12.2. The molecule has 0 atom stereocenters. The van der Waals surface area contributed by atoms with Crippen LogP contribution in [0, 0.1) is 0 Å². The molecule has 0 aromatic heterocycles. The number of benzene rings is 11. The number of anilines is 3. The summed E-state index contributed by atoms with van der Waals surface area (Å²) in [6.45, 7) is 0. The van der Waals surface area contributed by atoms with Crippen LogP contribution in [0.1, 0.15) is 0 Å². The number of fused-ring (bicyclic) bond motifs is 3. The molecule has 0 aliphatic rings. The molecule has 0 bridgehead atoms. The first kappa shape index (κ1) is 37.7. The molecule has 0 N–H and O–H groups in total. The van der Waals surface area contributed by atoms with E-state index in [0.717, 1.165) is 33.8 Å². The van der Waals surface area contributed by atoms with E-state index in [-0.39, 0.29) is 0 Å². The third kappa shape index (κ3) is 7.47. The number of hydrogen-bond acceptors (Lipinski definition) is 1. The first-order valence-electron chi connectivity index (χ1n) is 21.7. The second-order valence-electron chi connectivity index (χ2n) is 16.1. The zero-order valence-electron chi connectivity index (χ0n) is 34.8. The van der Waals surface area contributed by atoms with Crippen molar-refractivity contribution < 1.29 is 0 Å². The monoisotopic (exact) mass is 801 g/mol. The van der Waals surface area contributed by atoms with Gasteiger partial charge in [-0.25, -0.2) is 0 Å². The summed E-state index contributed by atoms with van der Waals surface area (Å²) in [6.07, 6.45) is 0. The summed E-state index contributed by atoms with van der Waals surface area (Å²) in [7, 11) is 0. The van der Waals surface area contributed by atoms with Gasteiger partial charge in [-0.15, -0.1) is 0 Å². The zero-order valence-corrected chi connectivity index (χ0v) is 34.8. The lowest BCUT2D eigenvalue weighted by Crippen LogP contribution is -2.11. The van der Waals surface area contributed by atoms with E-state index in [2.05, 4.69) is 266 Å². The minimum atomic E-state index is 1.08. The molecule has 0 unspecified atom stereocenters. The van der Waals surface area contributed by atoms with Crippen molar-refractivity contribution in [3.05, 3.63) is 261 Å². The van der Waals surface area contributed by atoms with Crippen molar-refractivity contribution in [3.63, 3.8) is 0 Å². The lowest BCUT2D eigenvalue weighted by atomic mass is 9.85. The van der Waals surface area contributed by atoms with Gasteiger partial charge in [-0.1, -0.05) is 218 Å². The first-order chi connectivity index (χ1) is 31.2. The van der Waals surface area contributed by atoms with Gasteiger partial charge in [-0.3, -0.25) is 0 Å². The Morgan fingerprint density at radius 2 is 0.635 bits per heavy atom. The maximum absolute atomic E-state index is 2.42. The molecule has 0 radical (unpaired) electrons. The molecule has 1 nitrogen and oxygen atoms in total. The lowest BCUT2D eigenvalue weighted by Gasteiger charge is -2.29. The molecular formula is C62H43N. The average molecular weight is 802 g/mol. The van der Waals surface area contributed by atoms with Gasteiger partial charge in [0, 0.05) is 17.1 Å². The molecule has 0 fully saturated rings. The first-order valence-corrected chi connectivity index (χ1v) is 21.7.